The van der Waals surface area contributed by atoms with E-state index in [0.29, 0.717) is 15.6 Å². The molecule has 0 fully saturated rings. The van der Waals surface area contributed by atoms with Gasteiger partial charge in [-0.05, 0) is 6.07 Å². The molecule has 1 aromatic rings. The first-order valence-electron chi connectivity index (χ1n) is 2.43. The maximum absolute atomic E-state index is 5.65. The summed E-state index contributed by atoms with van der Waals surface area (Å²) in [6, 6.07) is 5.25. The molecule has 0 saturated heterocycles. The molecule has 0 radical (unpaired) electrons. The van der Waals surface area contributed by atoms with Crippen molar-refractivity contribution < 1.29 is 29.6 Å². The van der Waals surface area contributed by atoms with E-state index in [1.165, 1.54) is 0 Å². The van der Waals surface area contributed by atoms with Crippen molar-refractivity contribution in [2.45, 2.75) is 4.90 Å². The Balaban J connectivity index is 0.000000810. The number of benzene rings is 1. The number of rotatable bonds is 0. The zero-order chi connectivity index (χ0) is 6.85. The van der Waals surface area contributed by atoms with Crippen molar-refractivity contribution in [2.24, 2.45) is 0 Å². The molecule has 2 N–H and O–H groups in total. The summed E-state index contributed by atoms with van der Waals surface area (Å²) in [6.45, 7) is 0. The predicted octanol–water partition coefficient (Wildman–Crippen LogP) is -1.17. The molecule has 0 heterocycles. The zero-order valence-electron chi connectivity index (χ0n) is 5.60. The largest absolute Gasteiger partial charge is 1.00 e. The van der Waals surface area contributed by atoms with Gasteiger partial charge in [0.2, 0.25) is 0 Å². The fourth-order valence-corrected chi connectivity index (χ4v) is 0.850. The summed E-state index contributed by atoms with van der Waals surface area (Å²) in [4.78, 5) is 0.608. The third kappa shape index (κ3) is 2.29. The second-order valence-electron chi connectivity index (χ2n) is 1.66. The standard InChI is InChI=1S/C6H6ClNS.Na/c7-6-4(8)2-1-3-5(6)9;/h1-3,9H,8H2;/q;+1/p-1. The van der Waals surface area contributed by atoms with Crippen LogP contribution in [0.4, 0.5) is 5.69 Å². The van der Waals surface area contributed by atoms with Crippen LogP contribution in [-0.2, 0) is 12.6 Å². The SMILES string of the molecule is Nc1cccc([S-])c1Cl.[Na+]. The molecule has 0 aliphatic rings. The van der Waals surface area contributed by atoms with Crippen molar-refractivity contribution in [1.82, 2.24) is 0 Å². The Kier molecular flexibility index (Phi) is 4.65. The van der Waals surface area contributed by atoms with Crippen LogP contribution in [-0.4, -0.2) is 0 Å². The molecule has 1 nitrogen and oxygen atoms in total. The second kappa shape index (κ2) is 4.42. The smallest absolute Gasteiger partial charge is 0.778 e. The fraction of sp³-hybridized carbons (Fsp3) is 0. The van der Waals surface area contributed by atoms with E-state index in [2.05, 4.69) is 0 Å². The fourth-order valence-electron chi connectivity index (χ4n) is 0.528. The van der Waals surface area contributed by atoms with Crippen molar-refractivity contribution in [2.75, 3.05) is 5.73 Å². The molecule has 0 atom stereocenters. The van der Waals surface area contributed by atoms with Crippen LogP contribution < -0.4 is 35.3 Å². The first kappa shape index (κ1) is 10.5. The van der Waals surface area contributed by atoms with Crippen LogP contribution in [0, 0.1) is 0 Å². The Morgan fingerprint density at radius 3 is 2.40 bits per heavy atom. The quantitative estimate of drug-likeness (QED) is 0.310. The minimum atomic E-state index is 0. The van der Waals surface area contributed by atoms with E-state index in [1.54, 1.807) is 18.2 Å². The normalized spacial score (nSPS) is 8.50. The van der Waals surface area contributed by atoms with Gasteiger partial charge in [0, 0.05) is 10.7 Å². The third-order valence-electron chi connectivity index (χ3n) is 0.993. The van der Waals surface area contributed by atoms with Gasteiger partial charge in [0.25, 0.3) is 0 Å². The summed E-state index contributed by atoms with van der Waals surface area (Å²) in [6.07, 6.45) is 0. The van der Waals surface area contributed by atoms with Gasteiger partial charge in [-0.2, -0.15) is 4.90 Å². The minimum absolute atomic E-state index is 0. The topological polar surface area (TPSA) is 26.0 Å². The van der Waals surface area contributed by atoms with E-state index in [0.717, 1.165) is 0 Å². The van der Waals surface area contributed by atoms with Crippen LogP contribution in [0.3, 0.4) is 0 Å². The van der Waals surface area contributed by atoms with E-state index in [-0.39, 0.29) is 29.6 Å². The number of hydrogen-bond acceptors (Lipinski definition) is 2. The van der Waals surface area contributed by atoms with Gasteiger partial charge in [-0.25, -0.2) is 0 Å². The van der Waals surface area contributed by atoms with Gasteiger partial charge >= 0.3 is 29.6 Å². The molecule has 1 rings (SSSR count). The molecule has 10 heavy (non-hydrogen) atoms. The van der Waals surface area contributed by atoms with Crippen LogP contribution in [0.15, 0.2) is 23.1 Å². The van der Waals surface area contributed by atoms with Gasteiger partial charge in [-0.15, -0.1) is 0 Å². The van der Waals surface area contributed by atoms with Crippen molar-refractivity contribution in [3.8, 4) is 0 Å². The number of anilines is 1. The molecule has 48 valence electrons. The minimum Gasteiger partial charge on any atom is -0.778 e. The Hall–Kier alpha value is 0.530. The molecule has 4 heteroatoms. The third-order valence-corrected chi connectivity index (χ3v) is 1.87. The molecule has 0 aliphatic carbocycles. The Labute approximate surface area is 92.6 Å². The maximum atomic E-state index is 5.65. The van der Waals surface area contributed by atoms with E-state index in [4.69, 9.17) is 30.0 Å². The summed E-state index contributed by atoms with van der Waals surface area (Å²) in [5.74, 6) is 0. The van der Waals surface area contributed by atoms with Crippen molar-refractivity contribution in [3.63, 3.8) is 0 Å². The molecule has 0 amide bonds. The van der Waals surface area contributed by atoms with E-state index in [1.807, 2.05) is 0 Å². The van der Waals surface area contributed by atoms with Crippen molar-refractivity contribution >= 4 is 29.9 Å². The molecule has 0 unspecified atom stereocenters. The van der Waals surface area contributed by atoms with Crippen molar-refractivity contribution in [1.29, 1.82) is 0 Å². The monoisotopic (exact) mass is 181 g/mol. The van der Waals surface area contributed by atoms with Gasteiger partial charge in [-0.1, -0.05) is 23.7 Å². The van der Waals surface area contributed by atoms with Crippen molar-refractivity contribution in [3.05, 3.63) is 23.2 Å². The predicted molar refractivity (Wildman–Crippen MR) is 41.5 cm³/mol. The number of nitrogen functional groups attached to an aromatic ring is 1. The first-order chi connectivity index (χ1) is 4.22. The molecule has 0 bridgehead atoms. The second-order valence-corrected chi connectivity index (χ2v) is 2.48. The van der Waals surface area contributed by atoms with Gasteiger partial charge in [0.05, 0.1) is 0 Å². The number of halogens is 1. The van der Waals surface area contributed by atoms with Gasteiger partial charge in [0.1, 0.15) is 0 Å². The molecule has 0 spiro atoms. The van der Waals surface area contributed by atoms with Crippen LogP contribution in [0.1, 0.15) is 0 Å². The van der Waals surface area contributed by atoms with Gasteiger partial charge in [-0.3, -0.25) is 0 Å². The zero-order valence-corrected chi connectivity index (χ0v) is 9.17. The Bertz CT molecular complexity index is 209. The average molecular weight is 182 g/mol. The maximum Gasteiger partial charge on any atom is 1.00 e. The molecular formula is C6H5ClNNaS. The molecule has 0 saturated carbocycles. The first-order valence-corrected chi connectivity index (χ1v) is 3.21. The molecule has 0 aliphatic heterocycles. The van der Waals surface area contributed by atoms with Crippen LogP contribution >= 0.6 is 11.6 Å². The molecular weight excluding hydrogens is 177 g/mol. The van der Waals surface area contributed by atoms with Crippen LogP contribution in [0.5, 0.6) is 0 Å². The van der Waals surface area contributed by atoms with Crippen LogP contribution in [0.25, 0.3) is 0 Å². The van der Waals surface area contributed by atoms with Gasteiger partial charge < -0.3 is 18.4 Å². The Morgan fingerprint density at radius 2 is 2.00 bits per heavy atom. The summed E-state index contributed by atoms with van der Waals surface area (Å²) in [5.41, 5.74) is 5.97. The number of nitrogens with two attached hydrogens (primary N) is 1. The average Bonchev–Trinajstić information content (AvgIpc) is 1.83. The van der Waals surface area contributed by atoms with E-state index < -0.39 is 0 Å². The molecule has 0 aromatic heterocycles. The van der Waals surface area contributed by atoms with Crippen LogP contribution in [0.2, 0.25) is 5.02 Å². The molecule has 1 aromatic carbocycles. The number of hydrogen-bond donors (Lipinski definition) is 1. The summed E-state index contributed by atoms with van der Waals surface area (Å²) in [7, 11) is 0. The summed E-state index contributed by atoms with van der Waals surface area (Å²) < 4.78 is 0. The van der Waals surface area contributed by atoms with E-state index in [9.17, 15) is 0 Å². The summed E-state index contributed by atoms with van der Waals surface area (Å²) >= 11 is 10.5. The van der Waals surface area contributed by atoms with E-state index >= 15 is 0 Å². The van der Waals surface area contributed by atoms with Gasteiger partial charge in [0.15, 0.2) is 0 Å². The Morgan fingerprint density at radius 1 is 1.40 bits per heavy atom. The summed E-state index contributed by atoms with van der Waals surface area (Å²) in [5, 5.41) is 0.479.